The van der Waals surface area contributed by atoms with E-state index in [-0.39, 0.29) is 0 Å². The maximum absolute atomic E-state index is 6.17. The summed E-state index contributed by atoms with van der Waals surface area (Å²) in [6.07, 6.45) is 4.46. The SMILES string of the molecule is Clc1ccccc1Cn1nccc1CNC1CC1. The summed E-state index contributed by atoms with van der Waals surface area (Å²) in [7, 11) is 0. The number of nitrogens with one attached hydrogen (secondary N) is 1. The largest absolute Gasteiger partial charge is 0.308 e. The molecule has 4 heteroatoms. The van der Waals surface area contributed by atoms with E-state index >= 15 is 0 Å². The fraction of sp³-hybridized carbons (Fsp3) is 0.357. The summed E-state index contributed by atoms with van der Waals surface area (Å²) >= 11 is 6.17. The highest BCUT2D eigenvalue weighted by atomic mass is 35.5. The van der Waals surface area contributed by atoms with Gasteiger partial charge in [0, 0.05) is 23.8 Å². The van der Waals surface area contributed by atoms with Crippen LogP contribution in [0.4, 0.5) is 0 Å². The molecular weight excluding hydrogens is 246 g/mol. The Balaban J connectivity index is 1.71. The first-order valence-corrected chi connectivity index (χ1v) is 6.68. The molecule has 1 saturated carbocycles. The molecule has 94 valence electrons. The minimum atomic E-state index is 0.716. The average Bonchev–Trinajstić information content (AvgIpc) is 3.10. The minimum Gasteiger partial charge on any atom is -0.308 e. The number of halogens is 1. The summed E-state index contributed by atoms with van der Waals surface area (Å²) < 4.78 is 2.01. The van der Waals surface area contributed by atoms with Crippen LogP contribution >= 0.6 is 11.6 Å². The molecule has 3 nitrogen and oxygen atoms in total. The molecular formula is C14H16ClN3. The molecule has 3 rings (SSSR count). The van der Waals surface area contributed by atoms with E-state index in [9.17, 15) is 0 Å². The second kappa shape index (κ2) is 5.12. The van der Waals surface area contributed by atoms with Crippen molar-refractivity contribution in [1.82, 2.24) is 15.1 Å². The highest BCUT2D eigenvalue weighted by molar-refractivity contribution is 6.31. The van der Waals surface area contributed by atoms with E-state index in [0.717, 1.165) is 23.7 Å². The zero-order valence-electron chi connectivity index (χ0n) is 10.1. The molecule has 0 spiro atoms. The maximum Gasteiger partial charge on any atom is 0.0677 e. The number of aromatic nitrogens is 2. The van der Waals surface area contributed by atoms with Crippen LogP contribution in [0.3, 0.4) is 0 Å². The lowest BCUT2D eigenvalue weighted by atomic mass is 10.2. The normalized spacial score (nSPS) is 14.9. The second-order valence-corrected chi connectivity index (χ2v) is 5.13. The lowest BCUT2D eigenvalue weighted by Crippen LogP contribution is -2.19. The van der Waals surface area contributed by atoms with Gasteiger partial charge in [0.2, 0.25) is 0 Å². The average molecular weight is 262 g/mol. The lowest BCUT2D eigenvalue weighted by molar-refractivity contribution is 0.593. The van der Waals surface area contributed by atoms with E-state index in [1.807, 2.05) is 35.1 Å². The van der Waals surface area contributed by atoms with Crippen LogP contribution in [0.5, 0.6) is 0 Å². The number of hydrogen-bond acceptors (Lipinski definition) is 2. The van der Waals surface area contributed by atoms with Gasteiger partial charge in [-0.3, -0.25) is 4.68 Å². The number of hydrogen-bond donors (Lipinski definition) is 1. The molecule has 1 aromatic carbocycles. The highest BCUT2D eigenvalue weighted by Crippen LogP contribution is 2.20. The van der Waals surface area contributed by atoms with E-state index in [0.29, 0.717) is 6.04 Å². The van der Waals surface area contributed by atoms with Gasteiger partial charge in [0.15, 0.2) is 0 Å². The first-order valence-electron chi connectivity index (χ1n) is 6.30. The van der Waals surface area contributed by atoms with Gasteiger partial charge >= 0.3 is 0 Å². The van der Waals surface area contributed by atoms with Gasteiger partial charge in [-0.15, -0.1) is 0 Å². The smallest absolute Gasteiger partial charge is 0.0677 e. The van der Waals surface area contributed by atoms with Crippen LogP contribution < -0.4 is 5.32 Å². The fourth-order valence-electron chi connectivity index (χ4n) is 1.98. The molecule has 1 aliphatic carbocycles. The van der Waals surface area contributed by atoms with Crippen molar-refractivity contribution in [2.45, 2.75) is 32.0 Å². The van der Waals surface area contributed by atoms with Crippen molar-refractivity contribution in [2.75, 3.05) is 0 Å². The summed E-state index contributed by atoms with van der Waals surface area (Å²) in [6.45, 7) is 1.61. The quantitative estimate of drug-likeness (QED) is 0.897. The highest BCUT2D eigenvalue weighted by Gasteiger charge is 2.20. The summed E-state index contributed by atoms with van der Waals surface area (Å²) in [5.41, 5.74) is 2.32. The summed E-state index contributed by atoms with van der Waals surface area (Å²) in [4.78, 5) is 0. The summed E-state index contributed by atoms with van der Waals surface area (Å²) in [5, 5.41) is 8.68. The van der Waals surface area contributed by atoms with E-state index in [2.05, 4.69) is 16.5 Å². The third-order valence-corrected chi connectivity index (χ3v) is 3.60. The molecule has 0 unspecified atom stereocenters. The molecule has 0 atom stereocenters. The van der Waals surface area contributed by atoms with Gasteiger partial charge in [-0.25, -0.2) is 0 Å². The predicted octanol–water partition coefficient (Wildman–Crippen LogP) is 2.84. The predicted molar refractivity (Wildman–Crippen MR) is 72.6 cm³/mol. The lowest BCUT2D eigenvalue weighted by Gasteiger charge is -2.09. The third-order valence-electron chi connectivity index (χ3n) is 3.23. The zero-order valence-corrected chi connectivity index (χ0v) is 10.9. The Hall–Kier alpha value is -1.32. The molecule has 1 fully saturated rings. The van der Waals surface area contributed by atoms with E-state index in [1.165, 1.54) is 18.5 Å². The van der Waals surface area contributed by atoms with E-state index < -0.39 is 0 Å². The van der Waals surface area contributed by atoms with Crippen molar-refractivity contribution >= 4 is 11.6 Å². The van der Waals surface area contributed by atoms with Gasteiger partial charge in [0.25, 0.3) is 0 Å². The number of rotatable bonds is 5. The zero-order chi connectivity index (χ0) is 12.4. The first-order chi connectivity index (χ1) is 8.83. The molecule has 0 radical (unpaired) electrons. The van der Waals surface area contributed by atoms with Gasteiger partial charge < -0.3 is 5.32 Å². The summed E-state index contributed by atoms with van der Waals surface area (Å²) in [5.74, 6) is 0. The molecule has 18 heavy (non-hydrogen) atoms. The van der Waals surface area contributed by atoms with Crippen molar-refractivity contribution in [3.63, 3.8) is 0 Å². The van der Waals surface area contributed by atoms with Crippen LogP contribution in [0, 0.1) is 0 Å². The molecule has 0 saturated heterocycles. The van der Waals surface area contributed by atoms with Crippen LogP contribution in [-0.4, -0.2) is 15.8 Å². The third kappa shape index (κ3) is 2.74. The van der Waals surface area contributed by atoms with Crippen molar-refractivity contribution in [1.29, 1.82) is 0 Å². The Morgan fingerprint density at radius 2 is 2.11 bits per heavy atom. The molecule has 0 aliphatic heterocycles. The van der Waals surface area contributed by atoms with Crippen molar-refractivity contribution in [3.8, 4) is 0 Å². The molecule has 2 aromatic rings. The number of nitrogens with zero attached hydrogens (tertiary/aromatic N) is 2. The van der Waals surface area contributed by atoms with Crippen LogP contribution in [0.15, 0.2) is 36.5 Å². The minimum absolute atomic E-state index is 0.716. The van der Waals surface area contributed by atoms with Gasteiger partial charge in [-0.1, -0.05) is 29.8 Å². The Labute approximate surface area is 112 Å². The van der Waals surface area contributed by atoms with Crippen LogP contribution in [-0.2, 0) is 13.1 Å². The molecule has 1 aromatic heterocycles. The maximum atomic E-state index is 6.17. The molecule has 0 bridgehead atoms. The fourth-order valence-corrected chi connectivity index (χ4v) is 2.17. The number of benzene rings is 1. The Kier molecular flexibility index (Phi) is 3.35. The standard InChI is InChI=1S/C14H16ClN3/c15-14-4-2-1-3-11(14)10-18-13(7-8-17-18)9-16-12-5-6-12/h1-4,7-8,12,16H,5-6,9-10H2. The van der Waals surface area contributed by atoms with E-state index in [4.69, 9.17) is 11.6 Å². The van der Waals surface area contributed by atoms with Crippen LogP contribution in [0.2, 0.25) is 5.02 Å². The van der Waals surface area contributed by atoms with Crippen molar-refractivity contribution in [2.24, 2.45) is 0 Å². The van der Waals surface area contributed by atoms with Gasteiger partial charge in [0.1, 0.15) is 0 Å². The van der Waals surface area contributed by atoms with Crippen LogP contribution in [0.25, 0.3) is 0 Å². The van der Waals surface area contributed by atoms with Crippen molar-refractivity contribution in [3.05, 3.63) is 52.8 Å². The monoisotopic (exact) mass is 261 g/mol. The summed E-state index contributed by atoms with van der Waals surface area (Å²) in [6, 6.07) is 10.7. The van der Waals surface area contributed by atoms with Crippen LogP contribution in [0.1, 0.15) is 24.1 Å². The van der Waals surface area contributed by atoms with E-state index in [1.54, 1.807) is 0 Å². The molecule has 1 heterocycles. The Morgan fingerprint density at radius 1 is 1.28 bits per heavy atom. The Bertz CT molecular complexity index is 531. The van der Waals surface area contributed by atoms with Gasteiger partial charge in [-0.05, 0) is 30.5 Å². The van der Waals surface area contributed by atoms with Gasteiger partial charge in [-0.2, -0.15) is 5.10 Å². The molecule has 1 aliphatic rings. The second-order valence-electron chi connectivity index (χ2n) is 4.73. The topological polar surface area (TPSA) is 29.9 Å². The first kappa shape index (κ1) is 11.8. The molecule has 0 amide bonds. The van der Waals surface area contributed by atoms with Crippen molar-refractivity contribution < 1.29 is 0 Å². The molecule has 1 N–H and O–H groups in total. The van der Waals surface area contributed by atoms with Gasteiger partial charge in [0.05, 0.1) is 12.2 Å². The Morgan fingerprint density at radius 3 is 2.89 bits per heavy atom.